The molecule has 8 heteroatoms. The van der Waals surface area contributed by atoms with Crippen molar-refractivity contribution in [2.24, 2.45) is 0 Å². The number of methoxy groups -OCH3 is 1. The highest BCUT2D eigenvalue weighted by Gasteiger charge is 2.26. The number of ether oxygens (including phenoxy) is 2. The topological polar surface area (TPSA) is 120 Å². The molecule has 0 saturated carbocycles. The molecule has 2 atom stereocenters. The summed E-state index contributed by atoms with van der Waals surface area (Å²) in [6.07, 6.45) is -1.10. The van der Waals surface area contributed by atoms with E-state index in [2.05, 4.69) is 10.1 Å². The van der Waals surface area contributed by atoms with Crippen LogP contribution in [0.2, 0.25) is 0 Å². The van der Waals surface area contributed by atoms with Crippen LogP contribution in [-0.2, 0) is 23.9 Å². The van der Waals surface area contributed by atoms with Crippen LogP contribution in [0.15, 0.2) is 0 Å². The number of amides is 1. The number of esters is 1. The van der Waals surface area contributed by atoms with Crippen molar-refractivity contribution in [3.05, 3.63) is 0 Å². The fourth-order valence-corrected chi connectivity index (χ4v) is 1.24. The minimum Gasteiger partial charge on any atom is -0.461 e. The van der Waals surface area contributed by atoms with E-state index in [0.29, 0.717) is 0 Å². The van der Waals surface area contributed by atoms with Gasteiger partial charge in [0.2, 0.25) is 11.7 Å². The summed E-state index contributed by atoms with van der Waals surface area (Å²) < 4.78 is 17.9. The highest BCUT2D eigenvalue weighted by atomic mass is 16.5. The van der Waals surface area contributed by atoms with Gasteiger partial charge in [-0.2, -0.15) is 0 Å². The first-order valence-electron chi connectivity index (χ1n) is 6.94. The molecule has 2 N–H and O–H groups in total. The molecular weight excluding hydrogens is 278 g/mol. The third-order valence-corrected chi connectivity index (χ3v) is 2.42. The molecule has 0 aromatic carbocycles. The van der Waals surface area contributed by atoms with Gasteiger partial charge in [0, 0.05) is 13.5 Å². The molecule has 21 heavy (non-hydrogen) atoms. The molecule has 0 aromatic rings. The number of nitrogens with zero attached hydrogens (tertiary/aromatic N) is 1. The Balaban J connectivity index is 5.11. The Labute approximate surface area is 124 Å². The second kappa shape index (κ2) is 9.79. The van der Waals surface area contributed by atoms with Crippen LogP contribution in [0.1, 0.15) is 35.0 Å². The van der Waals surface area contributed by atoms with E-state index < -0.39 is 35.9 Å². The van der Waals surface area contributed by atoms with E-state index in [4.69, 9.17) is 16.4 Å². The first kappa shape index (κ1) is 17.0. The Morgan fingerprint density at radius 1 is 1.38 bits per heavy atom. The standard InChI is InChI=1S/C13H21N3O5/c1-8(2)21-13(19)11(6-5-10(17)7-15-14)16-12(18)9(3)20-4/h7-9,11,14H,5-6H2,1-4H3/p+1/t9-,11+/m0/s1/i11D. The highest BCUT2D eigenvalue weighted by Crippen LogP contribution is 2.04. The molecule has 0 aliphatic rings. The van der Waals surface area contributed by atoms with E-state index in [1.165, 1.54) is 14.0 Å². The summed E-state index contributed by atoms with van der Waals surface area (Å²) in [7, 11) is 1.32. The second-order valence-corrected chi connectivity index (χ2v) is 4.52. The largest absolute Gasteiger partial charge is 0.461 e. The smallest absolute Gasteiger partial charge is 0.372 e. The average Bonchev–Trinajstić information content (AvgIpc) is 2.43. The van der Waals surface area contributed by atoms with E-state index in [1.54, 1.807) is 13.8 Å². The number of carbonyl (C=O) groups is 3. The Morgan fingerprint density at radius 2 is 2.00 bits per heavy atom. The molecule has 0 spiro atoms. The summed E-state index contributed by atoms with van der Waals surface area (Å²) >= 11 is 0. The van der Waals surface area contributed by atoms with Crippen LogP contribution >= 0.6 is 0 Å². The van der Waals surface area contributed by atoms with Crippen molar-refractivity contribution in [2.75, 3.05) is 7.11 Å². The second-order valence-electron chi connectivity index (χ2n) is 4.52. The van der Waals surface area contributed by atoms with Crippen LogP contribution in [0.4, 0.5) is 0 Å². The van der Waals surface area contributed by atoms with Crippen LogP contribution < -0.4 is 5.32 Å². The van der Waals surface area contributed by atoms with Gasteiger partial charge in [0.05, 0.1) is 17.8 Å². The van der Waals surface area contributed by atoms with E-state index in [-0.39, 0.29) is 12.8 Å². The predicted molar refractivity (Wildman–Crippen MR) is 72.9 cm³/mol. The minimum atomic E-state index is -2.11. The van der Waals surface area contributed by atoms with Crippen molar-refractivity contribution in [1.82, 2.24) is 5.32 Å². The van der Waals surface area contributed by atoms with Crippen molar-refractivity contribution in [2.45, 2.75) is 51.8 Å². The molecule has 1 amide bonds. The first-order chi connectivity index (χ1) is 10.2. The third kappa shape index (κ3) is 7.96. The van der Waals surface area contributed by atoms with Crippen molar-refractivity contribution in [3.63, 3.8) is 0 Å². The number of Topliss-reactive ketones (excluding diaryl/α,β-unsaturated/α-hetero) is 1. The molecule has 0 radical (unpaired) electrons. The Hall–Kier alpha value is -2.05. The fourth-order valence-electron chi connectivity index (χ4n) is 1.24. The van der Waals surface area contributed by atoms with Gasteiger partial charge >= 0.3 is 12.2 Å². The molecule has 8 nitrogen and oxygen atoms in total. The molecule has 0 fully saturated rings. The first-order valence-corrected chi connectivity index (χ1v) is 6.44. The lowest BCUT2D eigenvalue weighted by Gasteiger charge is -2.20. The van der Waals surface area contributed by atoms with Crippen molar-refractivity contribution < 1.29 is 30.0 Å². The molecule has 118 valence electrons. The minimum absolute atomic E-state index is 0.235. The van der Waals surface area contributed by atoms with Gasteiger partial charge < -0.3 is 14.8 Å². The number of hydrogen-bond acceptors (Lipinski definition) is 6. The van der Waals surface area contributed by atoms with Crippen LogP contribution in [-0.4, -0.2) is 54.0 Å². The van der Waals surface area contributed by atoms with Gasteiger partial charge in [0.15, 0.2) is 0 Å². The summed E-state index contributed by atoms with van der Waals surface area (Å²) in [4.78, 5) is 38.1. The van der Waals surface area contributed by atoms with E-state index in [1.807, 2.05) is 0 Å². The number of ketones is 1. The predicted octanol–water partition coefficient (Wildman–Crippen LogP) is 0.117. The quantitative estimate of drug-likeness (QED) is 0.271. The number of carbonyl (C=O) groups excluding carboxylic acids is 3. The Bertz CT molecular complexity index is 476. The maximum Gasteiger partial charge on any atom is 0.372 e. The van der Waals surface area contributed by atoms with Crippen molar-refractivity contribution in [1.29, 1.82) is 5.53 Å². The summed E-state index contributed by atoms with van der Waals surface area (Å²) in [5.41, 5.74) is 6.56. The van der Waals surface area contributed by atoms with Crippen LogP contribution in [0.5, 0.6) is 0 Å². The van der Waals surface area contributed by atoms with E-state index in [9.17, 15) is 14.4 Å². The van der Waals surface area contributed by atoms with Gasteiger partial charge in [0.1, 0.15) is 12.1 Å². The normalized spacial score (nSPS) is 15.2. The van der Waals surface area contributed by atoms with Crippen LogP contribution in [0.25, 0.3) is 0 Å². The third-order valence-electron chi connectivity index (χ3n) is 2.42. The monoisotopic (exact) mass is 301 g/mol. The Kier molecular flexibility index (Phi) is 7.93. The number of hydrogen-bond donors (Lipinski definition) is 2. The van der Waals surface area contributed by atoms with E-state index in [0.717, 1.165) is 6.21 Å². The van der Waals surface area contributed by atoms with Crippen molar-refractivity contribution >= 4 is 23.9 Å². The SMILES string of the molecule is [2H][C@](CCC(=O)C=[N+]=N)(NC(=O)[C@H](C)OC)C(=O)OC(C)C. The van der Waals surface area contributed by atoms with E-state index >= 15 is 0 Å². The maximum absolute atomic E-state index is 12.0. The molecule has 0 aliphatic carbocycles. The zero-order chi connectivity index (χ0) is 17.3. The van der Waals surface area contributed by atoms with Gasteiger partial charge in [-0.15, -0.1) is 0 Å². The molecule has 0 aliphatic heterocycles. The average molecular weight is 301 g/mol. The van der Waals surface area contributed by atoms with Gasteiger partial charge in [0.25, 0.3) is 0 Å². The molecular formula is C13H22N3O5+. The number of nitrogens with one attached hydrogen (secondary N) is 2. The van der Waals surface area contributed by atoms with Gasteiger partial charge in [-0.25, -0.2) is 4.79 Å². The summed E-state index contributed by atoms with van der Waals surface area (Å²) in [5.74, 6) is -2.16. The Morgan fingerprint density at radius 3 is 2.48 bits per heavy atom. The van der Waals surface area contributed by atoms with Crippen molar-refractivity contribution in [3.8, 4) is 0 Å². The molecule has 0 saturated heterocycles. The molecule has 0 aromatic heterocycles. The van der Waals surface area contributed by atoms with Crippen LogP contribution in [0, 0.1) is 5.53 Å². The molecule has 0 bridgehead atoms. The lowest BCUT2D eigenvalue weighted by atomic mass is 10.1. The summed E-state index contributed by atoms with van der Waals surface area (Å²) in [6.45, 7) is 4.67. The van der Waals surface area contributed by atoms with Gasteiger partial charge in [-0.1, -0.05) is 0 Å². The van der Waals surface area contributed by atoms with Gasteiger partial charge in [-0.3, -0.25) is 9.59 Å². The highest BCUT2D eigenvalue weighted by molar-refractivity contribution is 6.25. The zero-order valence-corrected chi connectivity index (χ0v) is 12.6. The molecule has 0 unspecified atom stereocenters. The lowest BCUT2D eigenvalue weighted by Crippen LogP contribution is -2.46. The van der Waals surface area contributed by atoms with Crippen LogP contribution in [0.3, 0.4) is 0 Å². The number of rotatable bonds is 9. The summed E-state index contributed by atoms with van der Waals surface area (Å²) in [5, 5.41) is 2.23. The lowest BCUT2D eigenvalue weighted by molar-refractivity contribution is -0.152. The summed E-state index contributed by atoms with van der Waals surface area (Å²) in [6, 6.07) is -2.11. The van der Waals surface area contributed by atoms with Gasteiger partial charge in [-0.05, 0) is 27.2 Å². The fraction of sp³-hybridized carbons (Fsp3) is 0.692. The maximum atomic E-state index is 12.0. The zero-order valence-electron chi connectivity index (χ0n) is 13.6. The molecule has 0 rings (SSSR count). The molecule has 0 heterocycles.